The van der Waals surface area contributed by atoms with Crippen molar-refractivity contribution in [1.82, 2.24) is 9.80 Å². The second-order valence-electron chi connectivity index (χ2n) is 7.02. The molecule has 0 atom stereocenters. The van der Waals surface area contributed by atoms with Gasteiger partial charge in [-0.3, -0.25) is 14.5 Å². The Morgan fingerprint density at radius 2 is 1.92 bits per heavy atom. The number of amides is 1. The molecule has 0 saturated carbocycles. The van der Waals surface area contributed by atoms with Gasteiger partial charge in [-0.15, -0.1) is 0 Å². The molecular formula is C18H25FN2O3. The first-order valence-corrected chi connectivity index (χ1v) is 8.24. The second-order valence-corrected chi connectivity index (χ2v) is 7.02. The minimum Gasteiger partial charge on any atom is -0.459 e. The van der Waals surface area contributed by atoms with E-state index in [9.17, 15) is 14.0 Å². The summed E-state index contributed by atoms with van der Waals surface area (Å²) in [4.78, 5) is 28.1. The number of hydrogen-bond donors (Lipinski definition) is 0. The van der Waals surface area contributed by atoms with Gasteiger partial charge in [-0.05, 0) is 45.4 Å². The third-order valence-electron chi connectivity index (χ3n) is 3.72. The van der Waals surface area contributed by atoms with Crippen molar-refractivity contribution in [3.8, 4) is 0 Å². The van der Waals surface area contributed by atoms with E-state index >= 15 is 0 Å². The lowest BCUT2D eigenvalue weighted by Gasteiger charge is -2.24. The zero-order valence-electron chi connectivity index (χ0n) is 14.5. The number of carbonyl (C=O) groups is 2. The van der Waals surface area contributed by atoms with Crippen molar-refractivity contribution in [2.45, 2.75) is 32.8 Å². The molecule has 0 unspecified atom stereocenters. The fourth-order valence-corrected chi connectivity index (χ4v) is 2.69. The Labute approximate surface area is 142 Å². The smallest absolute Gasteiger partial charge is 0.320 e. The van der Waals surface area contributed by atoms with Crippen LogP contribution < -0.4 is 0 Å². The van der Waals surface area contributed by atoms with Gasteiger partial charge in [-0.25, -0.2) is 4.39 Å². The number of halogens is 1. The molecule has 1 aliphatic heterocycles. The molecule has 1 aromatic rings. The summed E-state index contributed by atoms with van der Waals surface area (Å²) < 4.78 is 18.6. The maximum atomic E-state index is 13.3. The Morgan fingerprint density at radius 3 is 2.58 bits per heavy atom. The number of benzene rings is 1. The highest BCUT2D eigenvalue weighted by Gasteiger charge is 2.23. The van der Waals surface area contributed by atoms with Crippen LogP contribution in [0.2, 0.25) is 0 Å². The van der Waals surface area contributed by atoms with Crippen LogP contribution in [0.15, 0.2) is 24.3 Å². The molecule has 0 aliphatic carbocycles. The van der Waals surface area contributed by atoms with Crippen LogP contribution in [0.4, 0.5) is 4.39 Å². The Hall–Kier alpha value is -1.95. The van der Waals surface area contributed by atoms with Gasteiger partial charge in [0.25, 0.3) is 5.91 Å². The van der Waals surface area contributed by atoms with Crippen LogP contribution in [0.5, 0.6) is 0 Å². The molecule has 1 fully saturated rings. The SMILES string of the molecule is CC(C)(C)OC(=O)CN1CCCN(C(=O)c2cccc(F)c2)CC1. The van der Waals surface area contributed by atoms with Gasteiger partial charge >= 0.3 is 5.97 Å². The molecule has 24 heavy (non-hydrogen) atoms. The summed E-state index contributed by atoms with van der Waals surface area (Å²) in [7, 11) is 0. The summed E-state index contributed by atoms with van der Waals surface area (Å²) in [5.41, 5.74) is -0.141. The molecule has 1 aliphatic rings. The third kappa shape index (κ3) is 5.60. The van der Waals surface area contributed by atoms with Crippen molar-refractivity contribution in [3.05, 3.63) is 35.6 Å². The van der Waals surface area contributed by atoms with Crippen LogP contribution in [0.25, 0.3) is 0 Å². The van der Waals surface area contributed by atoms with Gasteiger partial charge in [-0.2, -0.15) is 0 Å². The van der Waals surface area contributed by atoms with E-state index < -0.39 is 11.4 Å². The Balaban J connectivity index is 1.90. The zero-order chi connectivity index (χ0) is 17.7. The minimum atomic E-state index is -0.498. The monoisotopic (exact) mass is 336 g/mol. The first kappa shape index (κ1) is 18.4. The maximum absolute atomic E-state index is 13.3. The number of ether oxygens (including phenoxy) is 1. The molecule has 6 heteroatoms. The highest BCUT2D eigenvalue weighted by Crippen LogP contribution is 2.12. The molecule has 1 amide bonds. The molecule has 0 spiro atoms. The summed E-state index contributed by atoms with van der Waals surface area (Å²) >= 11 is 0. The Bertz CT molecular complexity index is 598. The lowest BCUT2D eigenvalue weighted by molar-refractivity contribution is -0.156. The van der Waals surface area contributed by atoms with Crippen LogP contribution in [-0.4, -0.2) is 60.0 Å². The van der Waals surface area contributed by atoms with E-state index in [0.29, 0.717) is 25.2 Å². The van der Waals surface area contributed by atoms with Crippen molar-refractivity contribution in [2.24, 2.45) is 0 Å². The highest BCUT2D eigenvalue weighted by molar-refractivity contribution is 5.94. The minimum absolute atomic E-state index is 0.173. The van der Waals surface area contributed by atoms with Gasteiger partial charge in [0.15, 0.2) is 0 Å². The maximum Gasteiger partial charge on any atom is 0.320 e. The average molecular weight is 336 g/mol. The van der Waals surface area contributed by atoms with E-state index in [1.54, 1.807) is 11.0 Å². The van der Waals surface area contributed by atoms with E-state index in [1.165, 1.54) is 18.2 Å². The van der Waals surface area contributed by atoms with Gasteiger partial charge in [0, 0.05) is 31.7 Å². The third-order valence-corrected chi connectivity index (χ3v) is 3.72. The predicted octanol–water partition coefficient (Wildman–Crippen LogP) is 2.32. The van der Waals surface area contributed by atoms with Crippen LogP contribution in [0.1, 0.15) is 37.6 Å². The molecule has 0 aromatic heterocycles. The van der Waals surface area contributed by atoms with Crippen LogP contribution in [-0.2, 0) is 9.53 Å². The van der Waals surface area contributed by atoms with Crippen LogP contribution in [0.3, 0.4) is 0 Å². The number of rotatable bonds is 3. The molecular weight excluding hydrogens is 311 g/mol. The molecule has 0 radical (unpaired) electrons. The van der Waals surface area contributed by atoms with Crippen LogP contribution >= 0.6 is 0 Å². The van der Waals surface area contributed by atoms with Gasteiger partial charge in [-0.1, -0.05) is 6.07 Å². The van der Waals surface area contributed by atoms with Crippen molar-refractivity contribution in [1.29, 1.82) is 0 Å². The average Bonchev–Trinajstić information content (AvgIpc) is 2.70. The van der Waals surface area contributed by atoms with E-state index in [2.05, 4.69) is 0 Å². The summed E-state index contributed by atoms with van der Waals surface area (Å²) in [5.74, 6) is -0.844. The summed E-state index contributed by atoms with van der Waals surface area (Å²) in [6.45, 7) is 8.18. The number of carbonyl (C=O) groups excluding carboxylic acids is 2. The molecule has 132 valence electrons. The van der Waals surface area contributed by atoms with E-state index in [-0.39, 0.29) is 18.4 Å². The standard InChI is InChI=1S/C18H25FN2O3/c1-18(2,3)24-16(22)13-20-8-5-9-21(11-10-20)17(23)14-6-4-7-15(19)12-14/h4,6-7,12H,5,8-11,13H2,1-3H3. The molecule has 1 heterocycles. The Kier molecular flexibility index (Phi) is 5.94. The van der Waals surface area contributed by atoms with Crippen molar-refractivity contribution in [2.75, 3.05) is 32.7 Å². The van der Waals surface area contributed by atoms with Crippen LogP contribution in [0, 0.1) is 5.82 Å². The summed E-state index contributed by atoms with van der Waals surface area (Å²) in [6.07, 6.45) is 0.768. The lowest BCUT2D eigenvalue weighted by Crippen LogP contribution is -2.38. The second kappa shape index (κ2) is 7.75. The van der Waals surface area contributed by atoms with Gasteiger partial charge in [0.1, 0.15) is 11.4 Å². The number of hydrogen-bond acceptors (Lipinski definition) is 4. The fraction of sp³-hybridized carbons (Fsp3) is 0.556. The molecule has 2 rings (SSSR count). The van der Waals surface area contributed by atoms with Crippen molar-refractivity contribution < 1.29 is 18.7 Å². The predicted molar refractivity (Wildman–Crippen MR) is 89.2 cm³/mol. The first-order chi connectivity index (χ1) is 11.2. The normalized spacial score (nSPS) is 16.6. The van der Waals surface area contributed by atoms with E-state index in [1.807, 2.05) is 25.7 Å². The highest BCUT2D eigenvalue weighted by atomic mass is 19.1. The molecule has 0 N–H and O–H groups in total. The van der Waals surface area contributed by atoms with Gasteiger partial charge in [0.2, 0.25) is 0 Å². The number of nitrogens with zero attached hydrogens (tertiary/aromatic N) is 2. The van der Waals surface area contributed by atoms with E-state index in [4.69, 9.17) is 4.74 Å². The molecule has 1 saturated heterocycles. The largest absolute Gasteiger partial charge is 0.459 e. The summed E-state index contributed by atoms with van der Waals surface area (Å²) in [5, 5.41) is 0. The number of esters is 1. The summed E-state index contributed by atoms with van der Waals surface area (Å²) in [6, 6.07) is 5.73. The topological polar surface area (TPSA) is 49.9 Å². The first-order valence-electron chi connectivity index (χ1n) is 8.24. The quantitative estimate of drug-likeness (QED) is 0.795. The zero-order valence-corrected chi connectivity index (χ0v) is 14.5. The Morgan fingerprint density at radius 1 is 1.17 bits per heavy atom. The van der Waals surface area contributed by atoms with E-state index in [0.717, 1.165) is 13.0 Å². The van der Waals surface area contributed by atoms with Crippen molar-refractivity contribution >= 4 is 11.9 Å². The van der Waals surface area contributed by atoms with Crippen molar-refractivity contribution in [3.63, 3.8) is 0 Å². The molecule has 1 aromatic carbocycles. The fourth-order valence-electron chi connectivity index (χ4n) is 2.69. The van der Waals surface area contributed by atoms with Gasteiger partial charge in [0.05, 0.1) is 6.54 Å². The molecule has 0 bridgehead atoms. The lowest BCUT2D eigenvalue weighted by atomic mass is 10.2. The molecule has 5 nitrogen and oxygen atoms in total. The van der Waals surface area contributed by atoms with Gasteiger partial charge < -0.3 is 9.64 Å².